The molecule has 1 aliphatic rings. The minimum Gasteiger partial charge on any atom is -0.447 e. The van der Waals surface area contributed by atoms with Gasteiger partial charge in [-0.1, -0.05) is 25.7 Å². The Morgan fingerprint density at radius 3 is 2.43 bits per heavy atom. The monoisotopic (exact) mass is 287 g/mol. The number of anilines is 1. The highest BCUT2D eigenvalue weighted by molar-refractivity contribution is 5.84. The standard InChI is InChI=1S/C16H21N3O2/c17-11-13-5-7-14(8-6-13)19-15(20)21-12-16(18)9-3-1-2-4-10-16/h5-8H,1-4,9-10,12,18H2,(H,19,20). The fourth-order valence-electron chi connectivity index (χ4n) is 2.57. The van der Waals surface area contributed by atoms with Crippen molar-refractivity contribution in [1.82, 2.24) is 0 Å². The SMILES string of the molecule is N#Cc1ccc(NC(=O)OCC2(N)CCCCCC2)cc1. The number of carbonyl (C=O) groups excluding carboxylic acids is 1. The molecule has 1 saturated carbocycles. The Kier molecular flexibility index (Phi) is 5.18. The van der Waals surface area contributed by atoms with E-state index in [1.807, 2.05) is 6.07 Å². The summed E-state index contributed by atoms with van der Waals surface area (Å²) in [6, 6.07) is 8.66. The molecule has 5 nitrogen and oxygen atoms in total. The van der Waals surface area contributed by atoms with E-state index in [0.717, 1.165) is 25.7 Å². The van der Waals surface area contributed by atoms with Gasteiger partial charge in [0.2, 0.25) is 0 Å². The molecule has 0 aromatic heterocycles. The predicted octanol–water partition coefficient (Wildman–Crippen LogP) is 3.16. The molecule has 1 fully saturated rings. The second-order valence-electron chi connectivity index (χ2n) is 5.67. The highest BCUT2D eigenvalue weighted by atomic mass is 16.5. The van der Waals surface area contributed by atoms with Crippen LogP contribution >= 0.6 is 0 Å². The van der Waals surface area contributed by atoms with E-state index in [9.17, 15) is 4.79 Å². The van der Waals surface area contributed by atoms with Crippen LogP contribution in [0.25, 0.3) is 0 Å². The van der Waals surface area contributed by atoms with E-state index in [4.69, 9.17) is 15.7 Å². The summed E-state index contributed by atoms with van der Waals surface area (Å²) < 4.78 is 5.26. The van der Waals surface area contributed by atoms with E-state index in [0.29, 0.717) is 11.3 Å². The number of hydrogen-bond donors (Lipinski definition) is 2. The molecule has 21 heavy (non-hydrogen) atoms. The van der Waals surface area contributed by atoms with Crippen molar-refractivity contribution in [3.8, 4) is 6.07 Å². The molecule has 2 rings (SSSR count). The van der Waals surface area contributed by atoms with Gasteiger partial charge in [0.15, 0.2) is 0 Å². The van der Waals surface area contributed by atoms with Crippen molar-refractivity contribution in [2.24, 2.45) is 5.73 Å². The van der Waals surface area contributed by atoms with Crippen molar-refractivity contribution in [2.75, 3.05) is 11.9 Å². The van der Waals surface area contributed by atoms with Crippen LogP contribution in [0.4, 0.5) is 10.5 Å². The number of ether oxygens (including phenoxy) is 1. The van der Waals surface area contributed by atoms with Crippen LogP contribution in [-0.2, 0) is 4.74 Å². The molecule has 0 atom stereocenters. The third-order valence-electron chi connectivity index (χ3n) is 3.85. The van der Waals surface area contributed by atoms with Gasteiger partial charge in [0, 0.05) is 5.69 Å². The fraction of sp³-hybridized carbons (Fsp3) is 0.500. The number of carbonyl (C=O) groups is 1. The Hall–Kier alpha value is -2.06. The lowest BCUT2D eigenvalue weighted by Gasteiger charge is -2.27. The molecule has 1 aromatic rings. The van der Waals surface area contributed by atoms with Gasteiger partial charge < -0.3 is 10.5 Å². The summed E-state index contributed by atoms with van der Waals surface area (Å²) >= 11 is 0. The van der Waals surface area contributed by atoms with Gasteiger partial charge in [0.25, 0.3) is 0 Å². The quantitative estimate of drug-likeness (QED) is 0.836. The predicted molar refractivity (Wildman–Crippen MR) is 80.7 cm³/mol. The molecular weight excluding hydrogens is 266 g/mol. The van der Waals surface area contributed by atoms with Crippen molar-refractivity contribution < 1.29 is 9.53 Å². The van der Waals surface area contributed by atoms with E-state index in [-0.39, 0.29) is 6.61 Å². The van der Waals surface area contributed by atoms with Crippen LogP contribution in [0.15, 0.2) is 24.3 Å². The van der Waals surface area contributed by atoms with Crippen LogP contribution in [0.5, 0.6) is 0 Å². The van der Waals surface area contributed by atoms with Gasteiger partial charge in [-0.05, 0) is 37.1 Å². The number of nitrogens with zero attached hydrogens (tertiary/aromatic N) is 1. The number of amides is 1. The summed E-state index contributed by atoms with van der Waals surface area (Å²) in [5.74, 6) is 0. The largest absolute Gasteiger partial charge is 0.447 e. The smallest absolute Gasteiger partial charge is 0.411 e. The summed E-state index contributed by atoms with van der Waals surface area (Å²) in [6.07, 6.45) is 5.89. The molecule has 0 spiro atoms. The number of nitrogens with two attached hydrogens (primary N) is 1. The van der Waals surface area contributed by atoms with Crippen LogP contribution in [-0.4, -0.2) is 18.2 Å². The maximum Gasteiger partial charge on any atom is 0.411 e. The van der Waals surface area contributed by atoms with Gasteiger partial charge in [-0.25, -0.2) is 4.79 Å². The minimum atomic E-state index is -0.506. The zero-order valence-electron chi connectivity index (χ0n) is 12.1. The number of hydrogen-bond acceptors (Lipinski definition) is 4. The second-order valence-corrected chi connectivity index (χ2v) is 5.67. The molecule has 3 N–H and O–H groups in total. The third-order valence-corrected chi connectivity index (χ3v) is 3.85. The summed E-state index contributed by atoms with van der Waals surface area (Å²) in [5.41, 5.74) is 7.06. The molecule has 0 heterocycles. The number of benzene rings is 1. The average Bonchev–Trinajstić information content (AvgIpc) is 2.71. The second kappa shape index (κ2) is 7.09. The van der Waals surface area contributed by atoms with Crippen LogP contribution in [0.1, 0.15) is 44.1 Å². The van der Waals surface area contributed by atoms with E-state index in [1.165, 1.54) is 12.8 Å². The summed E-state index contributed by atoms with van der Waals surface area (Å²) in [5, 5.41) is 11.4. The van der Waals surface area contributed by atoms with Gasteiger partial charge in [-0.2, -0.15) is 5.26 Å². The van der Waals surface area contributed by atoms with Crippen LogP contribution in [0.2, 0.25) is 0 Å². The molecule has 0 radical (unpaired) electrons. The van der Waals surface area contributed by atoms with Crippen molar-refractivity contribution in [3.05, 3.63) is 29.8 Å². The highest BCUT2D eigenvalue weighted by Gasteiger charge is 2.27. The van der Waals surface area contributed by atoms with Gasteiger partial charge in [-0.3, -0.25) is 5.32 Å². The average molecular weight is 287 g/mol. The van der Waals surface area contributed by atoms with Crippen molar-refractivity contribution in [3.63, 3.8) is 0 Å². The highest BCUT2D eigenvalue weighted by Crippen LogP contribution is 2.25. The van der Waals surface area contributed by atoms with Crippen LogP contribution in [0.3, 0.4) is 0 Å². The zero-order chi connectivity index (χ0) is 15.1. The molecule has 112 valence electrons. The first-order valence-electron chi connectivity index (χ1n) is 7.34. The molecule has 1 amide bonds. The Balaban J connectivity index is 1.82. The maximum absolute atomic E-state index is 11.8. The Bertz CT molecular complexity index is 511. The van der Waals surface area contributed by atoms with Gasteiger partial charge in [0.05, 0.1) is 17.2 Å². The van der Waals surface area contributed by atoms with Crippen LogP contribution in [0, 0.1) is 11.3 Å². The Labute approximate surface area is 125 Å². The Morgan fingerprint density at radius 1 is 1.24 bits per heavy atom. The summed E-state index contributed by atoms with van der Waals surface area (Å²) in [7, 11) is 0. The van der Waals surface area contributed by atoms with Gasteiger partial charge in [0.1, 0.15) is 6.61 Å². The first kappa shape index (κ1) is 15.3. The van der Waals surface area contributed by atoms with Gasteiger partial charge in [-0.15, -0.1) is 0 Å². The first-order valence-corrected chi connectivity index (χ1v) is 7.34. The van der Waals surface area contributed by atoms with E-state index < -0.39 is 11.6 Å². The molecule has 5 heteroatoms. The maximum atomic E-state index is 11.8. The lowest BCUT2D eigenvalue weighted by atomic mass is 9.93. The number of nitrogens with one attached hydrogen (secondary N) is 1. The first-order chi connectivity index (χ1) is 10.1. The minimum absolute atomic E-state index is 0.245. The van der Waals surface area contributed by atoms with E-state index >= 15 is 0 Å². The van der Waals surface area contributed by atoms with Crippen LogP contribution < -0.4 is 11.1 Å². The normalized spacial score (nSPS) is 17.3. The number of rotatable bonds is 3. The lowest BCUT2D eigenvalue weighted by Crippen LogP contribution is -2.45. The molecule has 0 bridgehead atoms. The van der Waals surface area contributed by atoms with Crippen molar-refractivity contribution in [2.45, 2.75) is 44.1 Å². The fourth-order valence-corrected chi connectivity index (χ4v) is 2.57. The molecule has 1 aliphatic carbocycles. The summed E-state index contributed by atoms with van der Waals surface area (Å²) in [6.45, 7) is 0.245. The lowest BCUT2D eigenvalue weighted by molar-refractivity contribution is 0.122. The summed E-state index contributed by atoms with van der Waals surface area (Å²) in [4.78, 5) is 11.8. The zero-order valence-corrected chi connectivity index (χ0v) is 12.1. The molecule has 0 unspecified atom stereocenters. The van der Waals surface area contributed by atoms with Gasteiger partial charge >= 0.3 is 6.09 Å². The molecule has 1 aromatic carbocycles. The van der Waals surface area contributed by atoms with Crippen molar-refractivity contribution >= 4 is 11.8 Å². The number of nitriles is 1. The topological polar surface area (TPSA) is 88.1 Å². The molecule has 0 aliphatic heterocycles. The van der Waals surface area contributed by atoms with E-state index in [1.54, 1.807) is 24.3 Å². The third kappa shape index (κ3) is 4.76. The van der Waals surface area contributed by atoms with Crippen molar-refractivity contribution in [1.29, 1.82) is 5.26 Å². The molecule has 0 saturated heterocycles. The van der Waals surface area contributed by atoms with E-state index in [2.05, 4.69) is 5.32 Å². The molecular formula is C16H21N3O2. The Morgan fingerprint density at radius 2 is 1.86 bits per heavy atom.